The predicted molar refractivity (Wildman–Crippen MR) is 94.8 cm³/mol. The Morgan fingerprint density at radius 3 is 2.25 bits per heavy atom. The van der Waals surface area contributed by atoms with Crippen LogP contribution >= 0.6 is 0 Å². The second-order valence-corrected chi connectivity index (χ2v) is 5.58. The third kappa shape index (κ3) is 5.80. The lowest BCUT2D eigenvalue weighted by Crippen LogP contribution is -2.17. The Morgan fingerprint density at radius 1 is 0.821 bits per heavy atom. The smallest absolute Gasteiger partial charge is 0.496 e. The molecule has 0 aliphatic carbocycles. The highest BCUT2D eigenvalue weighted by atomic mass is 19.4. The molecule has 0 saturated heterocycles. The lowest BCUT2D eigenvalue weighted by atomic mass is 10.2. The van der Waals surface area contributed by atoms with Gasteiger partial charge in [0, 0.05) is 18.2 Å². The molecule has 3 rings (SSSR count). The summed E-state index contributed by atoms with van der Waals surface area (Å²) in [5, 5.41) is 0. The van der Waals surface area contributed by atoms with Crippen LogP contribution in [0.4, 0.5) is 13.2 Å². The highest BCUT2D eigenvalue weighted by molar-refractivity contribution is 5.39. The van der Waals surface area contributed by atoms with Crippen LogP contribution in [-0.4, -0.2) is 18.5 Å². The summed E-state index contributed by atoms with van der Waals surface area (Å²) in [5.41, 5.74) is 0.951. The van der Waals surface area contributed by atoms with Crippen LogP contribution in [-0.2, 0) is 6.61 Å². The molecule has 1 heterocycles. The second-order valence-electron chi connectivity index (χ2n) is 5.58. The maximum Gasteiger partial charge on any atom is 0.573 e. The molecule has 0 aliphatic rings. The molecule has 28 heavy (non-hydrogen) atoms. The molecule has 0 fully saturated rings. The van der Waals surface area contributed by atoms with Crippen molar-refractivity contribution in [3.63, 3.8) is 0 Å². The monoisotopic (exact) mass is 391 g/mol. The highest BCUT2D eigenvalue weighted by Gasteiger charge is 2.31. The van der Waals surface area contributed by atoms with Gasteiger partial charge in [0.05, 0.1) is 7.11 Å². The van der Waals surface area contributed by atoms with E-state index >= 15 is 0 Å². The fraction of sp³-hybridized carbons (Fsp3) is 0.150. The molecule has 0 amide bonds. The summed E-state index contributed by atoms with van der Waals surface area (Å²) in [6.07, 6.45) is -4.79. The summed E-state index contributed by atoms with van der Waals surface area (Å²) in [6.45, 7) is 0.287. The number of halogens is 3. The van der Waals surface area contributed by atoms with E-state index in [1.165, 1.54) is 31.4 Å². The van der Waals surface area contributed by atoms with Gasteiger partial charge in [-0.25, -0.2) is 0 Å². The molecular weight excluding hydrogens is 375 g/mol. The molecule has 8 heteroatoms. The van der Waals surface area contributed by atoms with E-state index in [1.807, 2.05) is 30.3 Å². The Balaban J connectivity index is 1.75. The minimum Gasteiger partial charge on any atom is -0.496 e. The van der Waals surface area contributed by atoms with Crippen molar-refractivity contribution < 1.29 is 32.1 Å². The van der Waals surface area contributed by atoms with E-state index < -0.39 is 12.1 Å². The Labute approximate surface area is 159 Å². The van der Waals surface area contributed by atoms with Crippen LogP contribution in [0.25, 0.3) is 0 Å². The zero-order chi connectivity index (χ0) is 20.0. The van der Waals surface area contributed by atoms with E-state index in [9.17, 15) is 13.2 Å². The summed E-state index contributed by atoms with van der Waals surface area (Å²) in [4.78, 5) is 4.21. The van der Waals surface area contributed by atoms with Gasteiger partial charge in [0.25, 0.3) is 0 Å². The number of rotatable bonds is 7. The summed E-state index contributed by atoms with van der Waals surface area (Å²) in [7, 11) is 1.47. The van der Waals surface area contributed by atoms with Crippen molar-refractivity contribution in [2.75, 3.05) is 7.11 Å². The number of methoxy groups -OCH3 is 1. The Morgan fingerprint density at radius 2 is 1.54 bits per heavy atom. The molecular formula is C20H16F3NO4. The van der Waals surface area contributed by atoms with Gasteiger partial charge in [-0.05, 0) is 17.7 Å². The van der Waals surface area contributed by atoms with Gasteiger partial charge in [-0.1, -0.05) is 36.4 Å². The van der Waals surface area contributed by atoms with Crippen molar-refractivity contribution in [1.82, 2.24) is 4.98 Å². The first-order valence-corrected chi connectivity index (χ1v) is 8.18. The lowest BCUT2D eigenvalue weighted by Gasteiger charge is -2.12. The summed E-state index contributed by atoms with van der Waals surface area (Å²) >= 11 is 0. The van der Waals surface area contributed by atoms with E-state index in [4.69, 9.17) is 14.2 Å². The third-order valence-corrected chi connectivity index (χ3v) is 3.48. The summed E-state index contributed by atoms with van der Waals surface area (Å²) < 4.78 is 57.4. The number of benzene rings is 2. The van der Waals surface area contributed by atoms with E-state index in [0.717, 1.165) is 11.6 Å². The molecule has 1 aromatic heterocycles. The number of nitrogens with zero attached hydrogens (tertiary/aromatic N) is 1. The topological polar surface area (TPSA) is 49.8 Å². The maximum atomic E-state index is 12.4. The number of alkyl halides is 3. The van der Waals surface area contributed by atoms with Gasteiger partial charge in [0.1, 0.15) is 23.9 Å². The van der Waals surface area contributed by atoms with Crippen LogP contribution in [0, 0.1) is 0 Å². The average molecular weight is 391 g/mol. The predicted octanol–water partition coefficient (Wildman–Crippen LogP) is 5.36. The molecule has 0 radical (unpaired) electrons. The van der Waals surface area contributed by atoms with E-state index in [1.54, 1.807) is 6.07 Å². The quantitative estimate of drug-likeness (QED) is 0.543. The lowest BCUT2D eigenvalue weighted by molar-refractivity contribution is -0.274. The zero-order valence-electron chi connectivity index (χ0n) is 14.8. The number of ether oxygens (including phenoxy) is 4. The maximum absolute atomic E-state index is 12.4. The fourth-order valence-electron chi connectivity index (χ4n) is 2.29. The van der Waals surface area contributed by atoms with Crippen LogP contribution in [0.1, 0.15) is 5.56 Å². The van der Waals surface area contributed by atoms with Gasteiger partial charge in [0.2, 0.25) is 11.8 Å². The van der Waals surface area contributed by atoms with Gasteiger partial charge >= 0.3 is 6.36 Å². The van der Waals surface area contributed by atoms with Gasteiger partial charge in [0.15, 0.2) is 0 Å². The molecule has 5 nitrogen and oxygen atoms in total. The minimum absolute atomic E-state index is 0.103. The highest BCUT2D eigenvalue weighted by Crippen LogP contribution is 2.31. The molecule has 0 bridgehead atoms. The van der Waals surface area contributed by atoms with Crippen LogP contribution in [0.2, 0.25) is 0 Å². The second kappa shape index (κ2) is 8.51. The summed E-state index contributed by atoms with van der Waals surface area (Å²) in [5.74, 6) is 0.508. The van der Waals surface area contributed by atoms with Crippen molar-refractivity contribution in [2.45, 2.75) is 13.0 Å². The molecule has 0 N–H and O–H groups in total. The van der Waals surface area contributed by atoms with Crippen molar-refractivity contribution >= 4 is 0 Å². The minimum atomic E-state index is -4.79. The first-order valence-electron chi connectivity index (χ1n) is 8.18. The number of hydrogen-bond acceptors (Lipinski definition) is 5. The normalized spacial score (nSPS) is 11.0. The molecule has 0 unspecified atom stereocenters. The molecule has 3 aromatic rings. The molecule has 0 aliphatic heterocycles. The molecule has 2 aromatic carbocycles. The van der Waals surface area contributed by atoms with Gasteiger partial charge in [-0.2, -0.15) is 4.98 Å². The first-order chi connectivity index (χ1) is 13.4. The van der Waals surface area contributed by atoms with E-state index in [2.05, 4.69) is 9.72 Å². The van der Waals surface area contributed by atoms with Gasteiger partial charge in [-0.3, -0.25) is 0 Å². The van der Waals surface area contributed by atoms with Crippen molar-refractivity contribution in [1.29, 1.82) is 0 Å². The first kappa shape index (κ1) is 19.3. The Bertz CT molecular complexity index is 917. The SMILES string of the molecule is COc1cc(OCc2ccccc2)nc(Oc2cccc(OC(F)(F)F)c2)c1. The molecule has 146 valence electrons. The standard InChI is InChI=1S/C20H16F3NO4/c1-25-17-11-18(26-13-14-6-3-2-4-7-14)24-19(12-17)27-15-8-5-9-16(10-15)28-20(21,22)23/h2-12H,13H2,1H3. The average Bonchev–Trinajstić information content (AvgIpc) is 2.66. The molecule has 0 atom stereocenters. The van der Waals surface area contributed by atoms with Crippen LogP contribution in [0.15, 0.2) is 66.7 Å². The number of pyridine rings is 1. The van der Waals surface area contributed by atoms with Crippen LogP contribution in [0.5, 0.6) is 29.0 Å². The third-order valence-electron chi connectivity index (χ3n) is 3.48. The Hall–Kier alpha value is -3.42. The van der Waals surface area contributed by atoms with Crippen molar-refractivity contribution in [3.05, 3.63) is 72.3 Å². The largest absolute Gasteiger partial charge is 0.573 e. The van der Waals surface area contributed by atoms with E-state index in [-0.39, 0.29) is 24.1 Å². The van der Waals surface area contributed by atoms with Crippen molar-refractivity contribution in [3.8, 4) is 29.0 Å². The van der Waals surface area contributed by atoms with E-state index in [0.29, 0.717) is 5.75 Å². The molecule has 0 saturated carbocycles. The van der Waals surface area contributed by atoms with Crippen molar-refractivity contribution in [2.24, 2.45) is 0 Å². The number of aromatic nitrogens is 1. The van der Waals surface area contributed by atoms with Crippen LogP contribution < -0.4 is 18.9 Å². The Kier molecular flexibility index (Phi) is 5.88. The van der Waals surface area contributed by atoms with Gasteiger partial charge in [-0.15, -0.1) is 13.2 Å². The fourth-order valence-corrected chi connectivity index (χ4v) is 2.29. The van der Waals surface area contributed by atoms with Gasteiger partial charge < -0.3 is 18.9 Å². The molecule has 0 spiro atoms. The zero-order valence-corrected chi connectivity index (χ0v) is 14.8. The number of hydrogen-bond donors (Lipinski definition) is 0. The summed E-state index contributed by atoms with van der Waals surface area (Å²) in [6, 6.07) is 17.7. The van der Waals surface area contributed by atoms with Crippen LogP contribution in [0.3, 0.4) is 0 Å².